The molecule has 0 N–H and O–H groups in total. The Kier molecular flexibility index (Phi) is 4.81. The average Bonchev–Trinajstić information content (AvgIpc) is 2.29. The van der Waals surface area contributed by atoms with Crippen LogP contribution in [-0.4, -0.2) is 12.6 Å². The summed E-state index contributed by atoms with van der Waals surface area (Å²) >= 11 is 0. The predicted octanol–water partition coefficient (Wildman–Crippen LogP) is 3.04. The molecule has 0 aliphatic heterocycles. The molecule has 0 saturated carbocycles. The molecule has 0 bridgehead atoms. The standard InChI is InChI=1S/C12H15FO2/c1-2-3-9-15-12(14)11(13)10-7-5-4-6-8-10/h4-8,11H,2-3,9H2,1H3. The van der Waals surface area contributed by atoms with Gasteiger partial charge >= 0.3 is 5.97 Å². The van der Waals surface area contributed by atoms with Crippen molar-refractivity contribution in [1.82, 2.24) is 0 Å². The van der Waals surface area contributed by atoms with Crippen LogP contribution in [0.2, 0.25) is 0 Å². The minimum Gasteiger partial charge on any atom is -0.463 e. The monoisotopic (exact) mass is 210 g/mol. The van der Waals surface area contributed by atoms with Crippen LogP contribution in [0.5, 0.6) is 0 Å². The van der Waals surface area contributed by atoms with Crippen molar-refractivity contribution in [1.29, 1.82) is 0 Å². The Labute approximate surface area is 89.1 Å². The largest absolute Gasteiger partial charge is 0.463 e. The number of benzene rings is 1. The zero-order chi connectivity index (χ0) is 11.1. The molecule has 0 amide bonds. The number of carbonyl (C=O) groups excluding carboxylic acids is 1. The average molecular weight is 210 g/mol. The number of ether oxygens (including phenoxy) is 1. The molecule has 1 atom stereocenters. The Hall–Kier alpha value is -1.38. The Bertz CT molecular complexity index is 298. The molecule has 0 aliphatic rings. The quantitative estimate of drug-likeness (QED) is 0.551. The molecule has 0 fully saturated rings. The minimum absolute atomic E-state index is 0.294. The topological polar surface area (TPSA) is 26.3 Å². The lowest BCUT2D eigenvalue weighted by molar-refractivity contribution is -0.150. The molecular formula is C12H15FO2. The van der Waals surface area contributed by atoms with E-state index < -0.39 is 12.1 Å². The van der Waals surface area contributed by atoms with Gasteiger partial charge in [-0.05, 0) is 12.0 Å². The number of esters is 1. The van der Waals surface area contributed by atoms with E-state index >= 15 is 0 Å². The molecule has 1 aromatic rings. The molecule has 82 valence electrons. The van der Waals surface area contributed by atoms with E-state index in [1.165, 1.54) is 0 Å². The zero-order valence-electron chi connectivity index (χ0n) is 8.78. The van der Waals surface area contributed by atoms with Crippen molar-refractivity contribution in [3.05, 3.63) is 35.9 Å². The molecule has 2 nitrogen and oxygen atoms in total. The number of alkyl halides is 1. The highest BCUT2D eigenvalue weighted by Crippen LogP contribution is 2.18. The van der Waals surface area contributed by atoms with Crippen LogP contribution in [0.15, 0.2) is 30.3 Å². The number of hydrogen-bond donors (Lipinski definition) is 0. The summed E-state index contributed by atoms with van der Waals surface area (Å²) in [6, 6.07) is 8.32. The molecule has 0 saturated heterocycles. The van der Waals surface area contributed by atoms with Gasteiger partial charge in [0.1, 0.15) is 0 Å². The van der Waals surface area contributed by atoms with E-state index in [0.717, 1.165) is 12.8 Å². The van der Waals surface area contributed by atoms with E-state index in [9.17, 15) is 9.18 Å². The van der Waals surface area contributed by atoms with Crippen molar-refractivity contribution in [3.8, 4) is 0 Å². The predicted molar refractivity (Wildman–Crippen MR) is 56.2 cm³/mol. The Balaban J connectivity index is 2.46. The molecule has 0 aliphatic carbocycles. The summed E-state index contributed by atoms with van der Waals surface area (Å²) in [5, 5.41) is 0. The molecule has 0 radical (unpaired) electrons. The second-order valence-electron chi connectivity index (χ2n) is 3.29. The maximum absolute atomic E-state index is 13.5. The molecular weight excluding hydrogens is 195 g/mol. The smallest absolute Gasteiger partial charge is 0.345 e. The fourth-order valence-electron chi connectivity index (χ4n) is 1.15. The van der Waals surface area contributed by atoms with Gasteiger partial charge in [-0.2, -0.15) is 0 Å². The molecule has 1 rings (SSSR count). The van der Waals surface area contributed by atoms with E-state index in [4.69, 9.17) is 4.74 Å². The third kappa shape index (κ3) is 3.70. The summed E-state index contributed by atoms with van der Waals surface area (Å²) in [6.45, 7) is 2.28. The van der Waals surface area contributed by atoms with Crippen LogP contribution >= 0.6 is 0 Å². The lowest BCUT2D eigenvalue weighted by atomic mass is 10.1. The molecule has 0 aromatic heterocycles. The molecule has 0 heterocycles. The maximum Gasteiger partial charge on any atom is 0.345 e. The third-order valence-electron chi connectivity index (χ3n) is 2.04. The molecule has 3 heteroatoms. The molecule has 1 unspecified atom stereocenters. The highest BCUT2D eigenvalue weighted by atomic mass is 19.1. The first kappa shape index (κ1) is 11.7. The van der Waals surface area contributed by atoms with E-state index in [-0.39, 0.29) is 0 Å². The third-order valence-corrected chi connectivity index (χ3v) is 2.04. The lowest BCUT2D eigenvalue weighted by Crippen LogP contribution is -2.12. The van der Waals surface area contributed by atoms with Crippen molar-refractivity contribution in [2.24, 2.45) is 0 Å². The van der Waals surface area contributed by atoms with Crippen LogP contribution < -0.4 is 0 Å². The summed E-state index contributed by atoms with van der Waals surface area (Å²) < 4.78 is 18.3. The van der Waals surface area contributed by atoms with Crippen molar-refractivity contribution < 1.29 is 13.9 Å². The van der Waals surface area contributed by atoms with E-state index in [1.54, 1.807) is 30.3 Å². The van der Waals surface area contributed by atoms with Crippen LogP contribution in [0.1, 0.15) is 31.5 Å². The van der Waals surface area contributed by atoms with Crippen molar-refractivity contribution in [2.75, 3.05) is 6.61 Å². The van der Waals surface area contributed by atoms with Crippen LogP contribution in [0.25, 0.3) is 0 Å². The van der Waals surface area contributed by atoms with E-state index in [0.29, 0.717) is 12.2 Å². The first-order valence-electron chi connectivity index (χ1n) is 5.11. The van der Waals surface area contributed by atoms with Crippen molar-refractivity contribution in [3.63, 3.8) is 0 Å². The Morgan fingerprint density at radius 3 is 2.67 bits per heavy atom. The Morgan fingerprint density at radius 1 is 1.40 bits per heavy atom. The number of carbonyl (C=O) groups is 1. The first-order chi connectivity index (χ1) is 7.25. The van der Waals surface area contributed by atoms with Gasteiger partial charge < -0.3 is 4.74 Å². The number of unbranched alkanes of at least 4 members (excludes halogenated alkanes) is 1. The Morgan fingerprint density at radius 2 is 2.07 bits per heavy atom. The molecule has 0 spiro atoms. The van der Waals surface area contributed by atoms with Crippen LogP contribution in [0, 0.1) is 0 Å². The summed E-state index contributed by atoms with van der Waals surface area (Å²) in [5.41, 5.74) is 0.346. The zero-order valence-corrected chi connectivity index (χ0v) is 8.78. The minimum atomic E-state index is -1.66. The molecule has 1 aromatic carbocycles. The fourth-order valence-corrected chi connectivity index (χ4v) is 1.15. The summed E-state index contributed by atoms with van der Waals surface area (Å²) in [5.74, 6) is -0.797. The van der Waals surface area contributed by atoms with Crippen molar-refractivity contribution >= 4 is 5.97 Å². The van der Waals surface area contributed by atoms with Gasteiger partial charge in [0.05, 0.1) is 6.61 Å². The van der Waals surface area contributed by atoms with Crippen molar-refractivity contribution in [2.45, 2.75) is 25.9 Å². The van der Waals surface area contributed by atoms with Gasteiger partial charge in [-0.3, -0.25) is 0 Å². The fraction of sp³-hybridized carbons (Fsp3) is 0.417. The van der Waals surface area contributed by atoms with Gasteiger partial charge in [0.25, 0.3) is 0 Å². The van der Waals surface area contributed by atoms with E-state index in [1.807, 2.05) is 6.92 Å². The van der Waals surface area contributed by atoms with E-state index in [2.05, 4.69) is 0 Å². The number of rotatable bonds is 5. The highest BCUT2D eigenvalue weighted by Gasteiger charge is 2.20. The van der Waals surface area contributed by atoms with Gasteiger partial charge in [-0.1, -0.05) is 43.7 Å². The summed E-state index contributed by atoms with van der Waals surface area (Å²) in [7, 11) is 0. The van der Waals surface area contributed by atoms with Crippen LogP contribution in [0.3, 0.4) is 0 Å². The second kappa shape index (κ2) is 6.17. The van der Waals surface area contributed by atoms with Gasteiger partial charge in [-0.15, -0.1) is 0 Å². The van der Waals surface area contributed by atoms with Gasteiger partial charge in [0, 0.05) is 0 Å². The normalized spacial score (nSPS) is 12.1. The van der Waals surface area contributed by atoms with Crippen LogP contribution in [0.4, 0.5) is 4.39 Å². The lowest BCUT2D eigenvalue weighted by Gasteiger charge is -2.08. The van der Waals surface area contributed by atoms with Gasteiger partial charge in [0.2, 0.25) is 6.17 Å². The SMILES string of the molecule is CCCCOC(=O)C(F)c1ccccc1. The number of hydrogen-bond acceptors (Lipinski definition) is 2. The number of halogens is 1. The van der Waals surface area contributed by atoms with Crippen LogP contribution in [-0.2, 0) is 9.53 Å². The van der Waals surface area contributed by atoms with Gasteiger partial charge in [0.15, 0.2) is 0 Å². The maximum atomic E-state index is 13.5. The summed E-state index contributed by atoms with van der Waals surface area (Å²) in [4.78, 5) is 11.2. The first-order valence-corrected chi connectivity index (χ1v) is 5.11. The second-order valence-corrected chi connectivity index (χ2v) is 3.29. The molecule has 15 heavy (non-hydrogen) atoms. The van der Waals surface area contributed by atoms with Gasteiger partial charge in [-0.25, -0.2) is 9.18 Å². The summed E-state index contributed by atoms with van der Waals surface area (Å²) in [6.07, 6.45) is 0.0334. The highest BCUT2D eigenvalue weighted by molar-refractivity contribution is 5.76.